The van der Waals surface area contributed by atoms with Crippen molar-refractivity contribution in [2.45, 2.75) is 0 Å². The molecule has 0 bridgehead atoms. The van der Waals surface area contributed by atoms with E-state index in [0.717, 1.165) is 6.07 Å². The lowest BCUT2D eigenvalue weighted by atomic mass is 10.0. The molecule has 5 N–H and O–H groups in total. The number of ether oxygens (including phenoxy) is 1. The van der Waals surface area contributed by atoms with Crippen molar-refractivity contribution in [2.24, 2.45) is 0 Å². The average molecular weight is 341 g/mol. The summed E-state index contributed by atoms with van der Waals surface area (Å²) in [6, 6.07) is 10.7. The summed E-state index contributed by atoms with van der Waals surface area (Å²) >= 11 is 0. The fourth-order valence-electron chi connectivity index (χ4n) is 2.58. The van der Waals surface area contributed by atoms with E-state index in [1.165, 1.54) is 23.9 Å². The second kappa shape index (κ2) is 6.20. The zero-order chi connectivity index (χ0) is 18.1. The summed E-state index contributed by atoms with van der Waals surface area (Å²) in [4.78, 5) is 11.5. The molecular formula is C18H16FN3O3. The molecule has 1 aromatic heterocycles. The number of anilines is 2. The van der Waals surface area contributed by atoms with E-state index in [4.69, 9.17) is 16.2 Å². The maximum atomic E-state index is 14.4. The Morgan fingerprint density at radius 2 is 1.88 bits per heavy atom. The summed E-state index contributed by atoms with van der Waals surface area (Å²) in [6.45, 7) is 0. The molecule has 0 unspecified atom stereocenters. The van der Waals surface area contributed by atoms with Gasteiger partial charge in [0.05, 0.1) is 19.0 Å². The molecule has 25 heavy (non-hydrogen) atoms. The van der Waals surface area contributed by atoms with Crippen molar-refractivity contribution in [3.05, 3.63) is 64.7 Å². The number of halogens is 1. The number of hydrogen-bond acceptors (Lipinski definition) is 5. The molecule has 3 aromatic rings. The minimum absolute atomic E-state index is 0.0190. The van der Waals surface area contributed by atoms with Gasteiger partial charge in [-0.15, -0.1) is 0 Å². The minimum Gasteiger partial charge on any atom is -0.503 e. The predicted octanol–water partition coefficient (Wildman–Crippen LogP) is 2.52. The van der Waals surface area contributed by atoms with Crippen molar-refractivity contribution >= 4 is 11.5 Å². The highest BCUT2D eigenvalue weighted by molar-refractivity contribution is 5.76. The number of nitrogens with two attached hydrogens (primary N) is 2. The van der Waals surface area contributed by atoms with E-state index < -0.39 is 17.0 Å². The summed E-state index contributed by atoms with van der Waals surface area (Å²) in [5, 5.41) is 9.66. The van der Waals surface area contributed by atoms with Gasteiger partial charge in [0.15, 0.2) is 11.6 Å². The minimum atomic E-state index is -0.579. The van der Waals surface area contributed by atoms with Crippen molar-refractivity contribution < 1.29 is 14.2 Å². The summed E-state index contributed by atoms with van der Waals surface area (Å²) in [5.74, 6) is -0.431. The Kier molecular flexibility index (Phi) is 4.06. The molecule has 1 heterocycles. The van der Waals surface area contributed by atoms with Crippen LogP contribution in [-0.2, 0) is 0 Å². The number of aromatic hydroxyl groups is 1. The maximum absolute atomic E-state index is 14.4. The fourth-order valence-corrected chi connectivity index (χ4v) is 2.58. The first-order valence-electron chi connectivity index (χ1n) is 7.36. The molecule has 0 aliphatic carbocycles. The maximum Gasteiger partial charge on any atom is 0.225 e. The van der Waals surface area contributed by atoms with E-state index in [2.05, 4.69) is 0 Å². The zero-order valence-electron chi connectivity index (χ0n) is 13.4. The monoisotopic (exact) mass is 341 g/mol. The van der Waals surface area contributed by atoms with E-state index >= 15 is 0 Å². The third-order valence-corrected chi connectivity index (χ3v) is 3.84. The molecule has 2 aromatic carbocycles. The topological polar surface area (TPSA) is 104 Å². The normalized spacial score (nSPS) is 10.6. The van der Waals surface area contributed by atoms with Crippen molar-refractivity contribution in [1.29, 1.82) is 0 Å². The van der Waals surface area contributed by atoms with Gasteiger partial charge in [-0.25, -0.2) is 4.39 Å². The van der Waals surface area contributed by atoms with Crippen molar-refractivity contribution in [2.75, 3.05) is 18.6 Å². The highest BCUT2D eigenvalue weighted by Gasteiger charge is 2.15. The van der Waals surface area contributed by atoms with Gasteiger partial charge in [0.1, 0.15) is 11.6 Å². The first-order chi connectivity index (χ1) is 11.9. The van der Waals surface area contributed by atoms with Crippen LogP contribution in [0.2, 0.25) is 0 Å². The summed E-state index contributed by atoms with van der Waals surface area (Å²) < 4.78 is 21.2. The average Bonchev–Trinajstić information content (AvgIpc) is 2.60. The van der Waals surface area contributed by atoms with Gasteiger partial charge in [-0.1, -0.05) is 12.1 Å². The van der Waals surface area contributed by atoms with Crippen molar-refractivity contribution in [3.8, 4) is 28.3 Å². The SMILES string of the molecule is COc1ccc(-n2cc(O)c(=O)cc2N)cc1-c1cccc(N)c1F. The lowest BCUT2D eigenvalue weighted by Gasteiger charge is -2.15. The molecular weight excluding hydrogens is 325 g/mol. The molecule has 7 heteroatoms. The lowest BCUT2D eigenvalue weighted by molar-refractivity contribution is 0.416. The van der Waals surface area contributed by atoms with Gasteiger partial charge in [-0.05, 0) is 24.3 Å². The van der Waals surface area contributed by atoms with Gasteiger partial charge < -0.3 is 21.3 Å². The Hall–Kier alpha value is -3.48. The molecule has 0 fully saturated rings. The van der Waals surface area contributed by atoms with Gasteiger partial charge in [-0.2, -0.15) is 0 Å². The number of rotatable bonds is 3. The highest BCUT2D eigenvalue weighted by atomic mass is 19.1. The summed E-state index contributed by atoms with van der Waals surface area (Å²) in [7, 11) is 1.47. The molecule has 6 nitrogen and oxygen atoms in total. The molecule has 0 saturated carbocycles. The van der Waals surface area contributed by atoms with Crippen LogP contribution in [0.1, 0.15) is 0 Å². The Bertz CT molecular complexity index is 1010. The molecule has 0 radical (unpaired) electrons. The number of nitrogen functional groups attached to an aromatic ring is 2. The largest absolute Gasteiger partial charge is 0.503 e. The highest BCUT2D eigenvalue weighted by Crippen LogP contribution is 2.35. The molecule has 0 saturated heterocycles. The van der Waals surface area contributed by atoms with Crippen LogP contribution < -0.4 is 21.6 Å². The molecule has 0 amide bonds. The Morgan fingerprint density at radius 3 is 2.60 bits per heavy atom. The molecule has 0 atom stereocenters. The standard InChI is InChI=1S/C18H16FN3O3/c1-25-16-6-5-10(22-9-15(24)14(23)8-17(22)21)7-12(16)11-3-2-4-13(20)18(11)19/h2-9,24H,20-21H2,1H3. The van der Waals surface area contributed by atoms with Crippen LogP contribution in [0.4, 0.5) is 15.9 Å². The Balaban J connectivity index is 2.25. The number of hydrogen-bond donors (Lipinski definition) is 3. The number of pyridine rings is 1. The molecule has 0 aliphatic rings. The van der Waals surface area contributed by atoms with Crippen LogP contribution in [0.3, 0.4) is 0 Å². The Labute approximate surface area is 142 Å². The van der Waals surface area contributed by atoms with E-state index in [9.17, 15) is 14.3 Å². The Morgan fingerprint density at radius 1 is 1.12 bits per heavy atom. The first kappa shape index (κ1) is 16.4. The van der Waals surface area contributed by atoms with Crippen LogP contribution in [0.5, 0.6) is 11.5 Å². The van der Waals surface area contributed by atoms with E-state index in [0.29, 0.717) is 17.0 Å². The van der Waals surface area contributed by atoms with Crippen molar-refractivity contribution in [1.82, 2.24) is 4.57 Å². The van der Waals surface area contributed by atoms with E-state index in [-0.39, 0.29) is 17.1 Å². The van der Waals surface area contributed by atoms with Gasteiger partial charge in [0, 0.05) is 22.9 Å². The van der Waals surface area contributed by atoms with Crippen LogP contribution in [0, 0.1) is 5.82 Å². The molecule has 3 rings (SSSR count). The molecule has 0 spiro atoms. The first-order valence-corrected chi connectivity index (χ1v) is 7.36. The van der Waals surface area contributed by atoms with Gasteiger partial charge >= 0.3 is 0 Å². The van der Waals surface area contributed by atoms with Crippen LogP contribution in [0.15, 0.2) is 53.5 Å². The fraction of sp³-hybridized carbons (Fsp3) is 0.0556. The molecule has 128 valence electrons. The second-order valence-electron chi connectivity index (χ2n) is 5.41. The second-order valence-corrected chi connectivity index (χ2v) is 5.41. The van der Waals surface area contributed by atoms with E-state index in [1.54, 1.807) is 30.3 Å². The number of benzene rings is 2. The molecule has 0 aliphatic heterocycles. The smallest absolute Gasteiger partial charge is 0.225 e. The van der Waals surface area contributed by atoms with Crippen LogP contribution in [-0.4, -0.2) is 16.8 Å². The van der Waals surface area contributed by atoms with Crippen LogP contribution in [0.25, 0.3) is 16.8 Å². The number of aromatic nitrogens is 1. The van der Waals surface area contributed by atoms with Crippen molar-refractivity contribution in [3.63, 3.8) is 0 Å². The third kappa shape index (κ3) is 2.87. The van der Waals surface area contributed by atoms with E-state index in [1.807, 2.05) is 0 Å². The predicted molar refractivity (Wildman–Crippen MR) is 94.5 cm³/mol. The number of nitrogens with zero attached hydrogens (tertiary/aromatic N) is 1. The van der Waals surface area contributed by atoms with Gasteiger partial charge in [0.2, 0.25) is 5.43 Å². The van der Waals surface area contributed by atoms with Gasteiger partial charge in [-0.3, -0.25) is 9.36 Å². The third-order valence-electron chi connectivity index (χ3n) is 3.84. The lowest BCUT2D eigenvalue weighted by Crippen LogP contribution is -2.10. The zero-order valence-corrected chi connectivity index (χ0v) is 13.4. The number of methoxy groups -OCH3 is 1. The summed E-state index contributed by atoms with van der Waals surface area (Å²) in [6.07, 6.45) is 1.21. The van der Waals surface area contributed by atoms with Crippen LogP contribution >= 0.6 is 0 Å². The van der Waals surface area contributed by atoms with Gasteiger partial charge in [0.25, 0.3) is 0 Å². The summed E-state index contributed by atoms with van der Waals surface area (Å²) in [5.41, 5.74) is 12.2. The quantitative estimate of drug-likeness (QED) is 0.635.